The van der Waals surface area contributed by atoms with Crippen molar-refractivity contribution in [1.29, 1.82) is 5.26 Å². The summed E-state index contributed by atoms with van der Waals surface area (Å²) in [4.78, 5) is 14.7. The van der Waals surface area contributed by atoms with Gasteiger partial charge in [0.1, 0.15) is 6.10 Å². The van der Waals surface area contributed by atoms with Crippen molar-refractivity contribution in [2.75, 3.05) is 5.32 Å². The van der Waals surface area contributed by atoms with Gasteiger partial charge in [0.15, 0.2) is 0 Å². The van der Waals surface area contributed by atoms with Crippen LogP contribution in [0.25, 0.3) is 0 Å². The van der Waals surface area contributed by atoms with Crippen LogP contribution in [0.2, 0.25) is 5.02 Å². The van der Waals surface area contributed by atoms with Gasteiger partial charge in [0, 0.05) is 10.4 Å². The van der Waals surface area contributed by atoms with E-state index >= 15 is 0 Å². The average molecular weight is 346 g/mol. The van der Waals surface area contributed by atoms with Gasteiger partial charge in [-0.15, -0.1) is 0 Å². The van der Waals surface area contributed by atoms with Gasteiger partial charge in [-0.25, -0.2) is 4.79 Å². The second-order valence-electron chi connectivity index (χ2n) is 5.87. The molecule has 2 aromatic rings. The van der Waals surface area contributed by atoms with Gasteiger partial charge in [-0.2, -0.15) is 5.26 Å². The highest BCUT2D eigenvalue weighted by Crippen LogP contribution is 2.37. The molecule has 1 unspecified atom stereocenters. The molecule has 6 nitrogen and oxygen atoms in total. The molecule has 0 fully saturated rings. The number of nitriles is 1. The fourth-order valence-electron chi connectivity index (χ4n) is 2.32. The minimum atomic E-state index is -1.19. The predicted octanol–water partition coefficient (Wildman–Crippen LogP) is 3.71. The van der Waals surface area contributed by atoms with E-state index in [0.717, 1.165) is 0 Å². The van der Waals surface area contributed by atoms with Crippen LogP contribution < -0.4 is 5.32 Å². The Labute approximate surface area is 144 Å². The van der Waals surface area contributed by atoms with Crippen molar-refractivity contribution < 1.29 is 15.0 Å². The van der Waals surface area contributed by atoms with Crippen molar-refractivity contribution in [3.05, 3.63) is 58.4 Å². The zero-order valence-corrected chi connectivity index (χ0v) is 13.9. The number of benzene rings is 1. The Morgan fingerprint density at radius 2 is 2.08 bits per heavy atom. The van der Waals surface area contributed by atoms with Crippen LogP contribution in [-0.2, 0) is 5.41 Å². The van der Waals surface area contributed by atoms with Gasteiger partial charge < -0.3 is 10.2 Å². The Bertz CT molecular complexity index is 798. The first-order chi connectivity index (χ1) is 11.2. The SMILES string of the molecule is CC(C)(c1cc(Cl)cc(C#N)c1)C(O)c1ccc(NC(=O)O)cn1. The van der Waals surface area contributed by atoms with Crippen LogP contribution in [0.3, 0.4) is 0 Å². The highest BCUT2D eigenvalue weighted by molar-refractivity contribution is 6.30. The number of hydrogen-bond acceptors (Lipinski definition) is 4. The van der Waals surface area contributed by atoms with E-state index in [4.69, 9.17) is 22.0 Å². The second kappa shape index (κ2) is 6.87. The molecule has 0 spiro atoms. The standard InChI is InChI=1S/C17H16ClN3O3/c1-17(2,11-5-10(8-19)6-12(18)7-11)15(22)14-4-3-13(9-20-14)21-16(23)24/h3-7,9,15,21-22H,1-2H3,(H,23,24). The highest BCUT2D eigenvalue weighted by atomic mass is 35.5. The van der Waals surface area contributed by atoms with E-state index in [-0.39, 0.29) is 0 Å². The Balaban J connectivity index is 2.33. The molecule has 0 saturated heterocycles. The lowest BCUT2D eigenvalue weighted by molar-refractivity contribution is 0.0962. The van der Waals surface area contributed by atoms with Gasteiger partial charge in [-0.05, 0) is 35.9 Å². The number of halogens is 1. The van der Waals surface area contributed by atoms with E-state index in [2.05, 4.69) is 10.3 Å². The normalized spacial score (nSPS) is 12.3. The molecular formula is C17H16ClN3O3. The van der Waals surface area contributed by atoms with Gasteiger partial charge in [0.2, 0.25) is 0 Å². The number of hydrogen-bond donors (Lipinski definition) is 3. The van der Waals surface area contributed by atoms with E-state index in [1.165, 1.54) is 12.3 Å². The molecule has 0 bridgehead atoms. The summed E-state index contributed by atoms with van der Waals surface area (Å²) in [6.45, 7) is 3.63. The maximum atomic E-state index is 10.7. The number of aliphatic hydroxyl groups excluding tert-OH is 1. The van der Waals surface area contributed by atoms with E-state index in [1.54, 1.807) is 24.3 Å². The van der Waals surface area contributed by atoms with Crippen LogP contribution in [0.5, 0.6) is 0 Å². The first-order valence-corrected chi connectivity index (χ1v) is 7.47. The van der Waals surface area contributed by atoms with Crippen molar-refractivity contribution in [3.63, 3.8) is 0 Å². The highest BCUT2D eigenvalue weighted by Gasteiger charge is 2.32. The molecule has 1 atom stereocenters. The molecule has 0 saturated carbocycles. The van der Waals surface area contributed by atoms with Gasteiger partial charge in [-0.3, -0.25) is 10.3 Å². The van der Waals surface area contributed by atoms with Crippen LogP contribution in [0.4, 0.5) is 10.5 Å². The van der Waals surface area contributed by atoms with Crippen LogP contribution >= 0.6 is 11.6 Å². The van der Waals surface area contributed by atoms with Gasteiger partial charge in [-0.1, -0.05) is 25.4 Å². The average Bonchev–Trinajstić information content (AvgIpc) is 2.53. The lowest BCUT2D eigenvalue weighted by atomic mass is 9.77. The summed E-state index contributed by atoms with van der Waals surface area (Å²) in [5.74, 6) is 0. The van der Waals surface area contributed by atoms with Crippen LogP contribution in [-0.4, -0.2) is 21.3 Å². The summed E-state index contributed by atoms with van der Waals surface area (Å²) < 4.78 is 0. The van der Waals surface area contributed by atoms with Crippen LogP contribution in [0.1, 0.15) is 36.8 Å². The number of nitrogens with one attached hydrogen (secondary N) is 1. The number of amides is 1. The number of nitrogens with zero attached hydrogens (tertiary/aromatic N) is 2. The second-order valence-corrected chi connectivity index (χ2v) is 6.30. The van der Waals surface area contributed by atoms with Crippen molar-refractivity contribution >= 4 is 23.4 Å². The largest absolute Gasteiger partial charge is 0.465 e. The molecule has 1 aromatic heterocycles. The molecule has 124 valence electrons. The minimum Gasteiger partial charge on any atom is -0.465 e. The molecule has 24 heavy (non-hydrogen) atoms. The van der Waals surface area contributed by atoms with Gasteiger partial charge in [0.25, 0.3) is 0 Å². The first kappa shape index (κ1) is 17.7. The van der Waals surface area contributed by atoms with Crippen LogP contribution in [0.15, 0.2) is 36.5 Å². The number of aromatic nitrogens is 1. The molecule has 0 radical (unpaired) electrons. The fourth-order valence-corrected chi connectivity index (χ4v) is 2.55. The molecule has 2 rings (SSSR count). The van der Waals surface area contributed by atoms with Crippen molar-refractivity contribution in [2.24, 2.45) is 0 Å². The third-order valence-corrected chi connectivity index (χ3v) is 3.99. The Hall–Kier alpha value is -2.62. The number of aliphatic hydroxyl groups is 1. The summed E-state index contributed by atoms with van der Waals surface area (Å²) in [6, 6.07) is 10.0. The van der Waals surface area contributed by atoms with E-state index in [1.807, 2.05) is 19.9 Å². The molecule has 3 N–H and O–H groups in total. The molecule has 0 aliphatic rings. The number of anilines is 1. The van der Waals surface area contributed by atoms with E-state index in [9.17, 15) is 9.90 Å². The summed E-state index contributed by atoms with van der Waals surface area (Å²) >= 11 is 6.04. The quantitative estimate of drug-likeness (QED) is 0.783. The number of carbonyl (C=O) groups is 1. The lowest BCUT2D eigenvalue weighted by Crippen LogP contribution is -2.27. The Kier molecular flexibility index (Phi) is 5.07. The van der Waals surface area contributed by atoms with Gasteiger partial charge >= 0.3 is 6.09 Å². The maximum absolute atomic E-state index is 10.7. The van der Waals surface area contributed by atoms with Crippen LogP contribution in [0, 0.1) is 11.3 Å². The minimum absolute atomic E-state index is 0.311. The smallest absolute Gasteiger partial charge is 0.409 e. The number of rotatable bonds is 4. The van der Waals surface area contributed by atoms with Crippen molar-refractivity contribution in [2.45, 2.75) is 25.4 Å². The molecule has 0 aliphatic heterocycles. The first-order valence-electron chi connectivity index (χ1n) is 7.09. The Morgan fingerprint density at radius 3 is 2.62 bits per heavy atom. The van der Waals surface area contributed by atoms with Gasteiger partial charge in [0.05, 0.1) is 29.2 Å². The zero-order valence-electron chi connectivity index (χ0n) is 13.1. The Morgan fingerprint density at radius 1 is 1.38 bits per heavy atom. The molecule has 1 heterocycles. The topological polar surface area (TPSA) is 106 Å². The molecule has 0 aliphatic carbocycles. The zero-order chi connectivity index (χ0) is 17.9. The van der Waals surface area contributed by atoms with E-state index in [0.29, 0.717) is 27.5 Å². The number of carboxylic acid groups (broad SMARTS) is 1. The summed E-state index contributed by atoms with van der Waals surface area (Å²) in [5.41, 5.74) is 1.05. The third kappa shape index (κ3) is 3.82. The summed E-state index contributed by atoms with van der Waals surface area (Å²) in [5, 5.41) is 31.0. The molecule has 1 amide bonds. The predicted molar refractivity (Wildman–Crippen MR) is 90.0 cm³/mol. The molecule has 1 aromatic carbocycles. The summed E-state index contributed by atoms with van der Waals surface area (Å²) in [7, 11) is 0. The summed E-state index contributed by atoms with van der Waals surface area (Å²) in [6.07, 6.45) is -0.823. The third-order valence-electron chi connectivity index (χ3n) is 3.77. The number of pyridine rings is 1. The van der Waals surface area contributed by atoms with Crippen molar-refractivity contribution in [1.82, 2.24) is 4.98 Å². The fraction of sp³-hybridized carbons (Fsp3) is 0.235. The molecular weight excluding hydrogens is 330 g/mol. The lowest BCUT2D eigenvalue weighted by Gasteiger charge is -2.31. The monoisotopic (exact) mass is 345 g/mol. The van der Waals surface area contributed by atoms with Crippen molar-refractivity contribution in [3.8, 4) is 6.07 Å². The molecule has 7 heteroatoms. The van der Waals surface area contributed by atoms with E-state index < -0.39 is 17.6 Å². The maximum Gasteiger partial charge on any atom is 0.409 e.